The summed E-state index contributed by atoms with van der Waals surface area (Å²) in [4.78, 5) is 18.2. The molecule has 0 saturated heterocycles. The van der Waals surface area contributed by atoms with Gasteiger partial charge < -0.3 is 20.3 Å². The lowest BCUT2D eigenvalue weighted by Crippen LogP contribution is -2.47. The van der Waals surface area contributed by atoms with E-state index in [-0.39, 0.29) is 42.5 Å². The summed E-state index contributed by atoms with van der Waals surface area (Å²) in [6.45, 7) is 3.11. The van der Waals surface area contributed by atoms with E-state index in [0.29, 0.717) is 12.6 Å². The van der Waals surface area contributed by atoms with Crippen molar-refractivity contribution in [1.29, 1.82) is 0 Å². The fraction of sp³-hybridized carbons (Fsp3) is 0.636. The standard InChI is InChI=1S/C22H34N4O2.HI/c1-4-16-9-11-17(12-10-16)24-22(23-15-21(27)26(2)3)25-19-13-14-28-20-8-6-5-7-18(19)20;/h5-8,16-17,19H,4,9-15H2,1-3H3,(H2,23,24,25);1H. The van der Waals surface area contributed by atoms with E-state index in [1.807, 2.05) is 18.2 Å². The monoisotopic (exact) mass is 514 g/mol. The minimum atomic E-state index is 0. The van der Waals surface area contributed by atoms with Crippen LogP contribution in [0, 0.1) is 5.92 Å². The number of para-hydroxylation sites is 1. The van der Waals surface area contributed by atoms with Crippen LogP contribution in [0.2, 0.25) is 0 Å². The fourth-order valence-electron chi connectivity index (χ4n) is 3.99. The number of guanidine groups is 1. The van der Waals surface area contributed by atoms with Crippen LogP contribution < -0.4 is 15.4 Å². The summed E-state index contributed by atoms with van der Waals surface area (Å²) in [5.74, 6) is 2.52. The summed E-state index contributed by atoms with van der Waals surface area (Å²) in [6.07, 6.45) is 6.98. The number of likely N-dealkylation sites (N-methyl/N-ethyl adjacent to an activating group) is 1. The van der Waals surface area contributed by atoms with Crippen LogP contribution in [0.25, 0.3) is 0 Å². The van der Waals surface area contributed by atoms with Crippen LogP contribution in [0.5, 0.6) is 5.75 Å². The van der Waals surface area contributed by atoms with Crippen molar-refractivity contribution in [2.75, 3.05) is 27.2 Å². The van der Waals surface area contributed by atoms with E-state index in [1.165, 1.54) is 19.3 Å². The predicted molar refractivity (Wildman–Crippen MR) is 128 cm³/mol. The quantitative estimate of drug-likeness (QED) is 0.357. The summed E-state index contributed by atoms with van der Waals surface area (Å²) < 4.78 is 5.78. The molecule has 1 aromatic carbocycles. The number of benzene rings is 1. The van der Waals surface area contributed by atoms with E-state index in [0.717, 1.165) is 42.5 Å². The van der Waals surface area contributed by atoms with Gasteiger partial charge >= 0.3 is 0 Å². The fourth-order valence-corrected chi connectivity index (χ4v) is 3.99. The molecule has 7 heteroatoms. The molecule has 1 unspecified atom stereocenters. The van der Waals surface area contributed by atoms with E-state index in [4.69, 9.17) is 4.74 Å². The molecular formula is C22H35IN4O2. The highest BCUT2D eigenvalue weighted by Gasteiger charge is 2.25. The second kappa shape index (κ2) is 11.6. The molecule has 0 radical (unpaired) electrons. The molecule has 1 aliphatic heterocycles. The first-order chi connectivity index (χ1) is 13.6. The highest BCUT2D eigenvalue weighted by Crippen LogP contribution is 2.31. The van der Waals surface area contributed by atoms with Gasteiger partial charge in [0.05, 0.1) is 12.6 Å². The van der Waals surface area contributed by atoms with Gasteiger partial charge in [-0.15, -0.1) is 24.0 Å². The van der Waals surface area contributed by atoms with Gasteiger partial charge in [-0.2, -0.15) is 0 Å². The van der Waals surface area contributed by atoms with Gasteiger partial charge in [0.15, 0.2) is 5.96 Å². The lowest BCUT2D eigenvalue weighted by Gasteiger charge is -2.32. The Morgan fingerprint density at radius 3 is 2.55 bits per heavy atom. The minimum absolute atomic E-state index is 0. The summed E-state index contributed by atoms with van der Waals surface area (Å²) in [5, 5.41) is 7.17. The lowest BCUT2D eigenvalue weighted by atomic mass is 9.84. The topological polar surface area (TPSA) is 66.0 Å². The summed E-state index contributed by atoms with van der Waals surface area (Å²) in [6, 6.07) is 8.69. The highest BCUT2D eigenvalue weighted by molar-refractivity contribution is 14.0. The maximum Gasteiger partial charge on any atom is 0.243 e. The zero-order chi connectivity index (χ0) is 19.9. The number of carbonyl (C=O) groups excluding carboxylic acids is 1. The number of carbonyl (C=O) groups is 1. The van der Waals surface area contributed by atoms with E-state index < -0.39 is 0 Å². The number of hydrogen-bond acceptors (Lipinski definition) is 3. The minimum Gasteiger partial charge on any atom is -0.493 e. The van der Waals surface area contributed by atoms with Gasteiger partial charge in [0.2, 0.25) is 5.91 Å². The maximum absolute atomic E-state index is 12.1. The summed E-state index contributed by atoms with van der Waals surface area (Å²) in [5.41, 5.74) is 1.15. The van der Waals surface area contributed by atoms with E-state index in [2.05, 4.69) is 28.6 Å². The Kier molecular flexibility index (Phi) is 9.52. The Morgan fingerprint density at radius 2 is 1.86 bits per heavy atom. The van der Waals surface area contributed by atoms with Crippen LogP contribution in [-0.2, 0) is 4.79 Å². The molecule has 1 saturated carbocycles. The third-order valence-corrected chi connectivity index (χ3v) is 5.91. The van der Waals surface area contributed by atoms with Gasteiger partial charge in [-0.05, 0) is 37.7 Å². The summed E-state index contributed by atoms with van der Waals surface area (Å²) in [7, 11) is 3.53. The predicted octanol–water partition coefficient (Wildman–Crippen LogP) is 3.72. The van der Waals surface area contributed by atoms with Crippen molar-refractivity contribution in [3.8, 4) is 5.75 Å². The SMILES string of the molecule is CCC1CCC(NC(=NCC(=O)N(C)C)NC2CCOc3ccccc32)CC1.I. The first-order valence-corrected chi connectivity index (χ1v) is 10.6. The van der Waals surface area contributed by atoms with Gasteiger partial charge in [-0.3, -0.25) is 4.79 Å². The van der Waals surface area contributed by atoms with E-state index in [9.17, 15) is 4.79 Å². The number of halogens is 1. The normalized spacial score (nSPS) is 23.8. The molecule has 2 aliphatic rings. The lowest BCUT2D eigenvalue weighted by molar-refractivity contribution is -0.127. The number of amides is 1. The van der Waals surface area contributed by atoms with Crippen molar-refractivity contribution in [1.82, 2.24) is 15.5 Å². The molecule has 29 heavy (non-hydrogen) atoms. The number of nitrogens with one attached hydrogen (secondary N) is 2. The van der Waals surface area contributed by atoms with Crippen LogP contribution in [-0.4, -0.2) is 50.1 Å². The molecule has 1 heterocycles. The molecule has 0 bridgehead atoms. The zero-order valence-electron chi connectivity index (χ0n) is 17.8. The van der Waals surface area contributed by atoms with Crippen LogP contribution in [0.1, 0.15) is 57.1 Å². The molecule has 3 rings (SSSR count). The Balaban J connectivity index is 0.00000300. The van der Waals surface area contributed by atoms with Crippen LogP contribution in [0.15, 0.2) is 29.3 Å². The molecule has 1 aliphatic carbocycles. The van der Waals surface area contributed by atoms with Gasteiger partial charge in [0, 0.05) is 32.1 Å². The molecule has 1 atom stereocenters. The number of fused-ring (bicyclic) bond motifs is 1. The van der Waals surface area contributed by atoms with Crippen LogP contribution >= 0.6 is 24.0 Å². The van der Waals surface area contributed by atoms with Crippen molar-refractivity contribution in [3.63, 3.8) is 0 Å². The smallest absolute Gasteiger partial charge is 0.243 e. The molecule has 2 N–H and O–H groups in total. The number of hydrogen-bond donors (Lipinski definition) is 2. The number of nitrogens with zero attached hydrogens (tertiary/aromatic N) is 2. The Labute approximate surface area is 191 Å². The van der Waals surface area contributed by atoms with Crippen molar-refractivity contribution in [3.05, 3.63) is 29.8 Å². The summed E-state index contributed by atoms with van der Waals surface area (Å²) >= 11 is 0. The van der Waals surface area contributed by atoms with Crippen molar-refractivity contribution in [2.24, 2.45) is 10.9 Å². The molecule has 0 aromatic heterocycles. The second-order valence-electron chi connectivity index (χ2n) is 8.10. The number of ether oxygens (including phenoxy) is 1. The number of rotatable bonds is 5. The largest absolute Gasteiger partial charge is 0.493 e. The van der Waals surface area contributed by atoms with Crippen LogP contribution in [0.3, 0.4) is 0 Å². The molecule has 6 nitrogen and oxygen atoms in total. The van der Waals surface area contributed by atoms with Crippen LogP contribution in [0.4, 0.5) is 0 Å². The Bertz CT molecular complexity index is 687. The molecule has 1 amide bonds. The molecule has 1 fully saturated rings. The van der Waals surface area contributed by atoms with Crippen molar-refractivity contribution >= 4 is 35.8 Å². The number of aliphatic imine (C=N–C) groups is 1. The van der Waals surface area contributed by atoms with E-state index in [1.54, 1.807) is 19.0 Å². The van der Waals surface area contributed by atoms with Crippen molar-refractivity contribution in [2.45, 2.75) is 57.5 Å². The third-order valence-electron chi connectivity index (χ3n) is 5.91. The molecule has 162 valence electrons. The highest BCUT2D eigenvalue weighted by atomic mass is 127. The second-order valence-corrected chi connectivity index (χ2v) is 8.10. The average molecular weight is 514 g/mol. The molecule has 1 aromatic rings. The maximum atomic E-state index is 12.1. The van der Waals surface area contributed by atoms with Gasteiger partial charge in [-0.1, -0.05) is 31.5 Å². The molecular weight excluding hydrogens is 479 g/mol. The first-order valence-electron chi connectivity index (χ1n) is 10.6. The Hall–Kier alpha value is -1.51. The third kappa shape index (κ3) is 6.76. The zero-order valence-corrected chi connectivity index (χ0v) is 20.1. The average Bonchev–Trinajstić information content (AvgIpc) is 2.72. The van der Waals surface area contributed by atoms with Crippen molar-refractivity contribution < 1.29 is 9.53 Å². The van der Waals surface area contributed by atoms with E-state index >= 15 is 0 Å². The van der Waals surface area contributed by atoms with Gasteiger partial charge in [0.25, 0.3) is 0 Å². The van der Waals surface area contributed by atoms with Gasteiger partial charge in [-0.25, -0.2) is 4.99 Å². The van der Waals surface area contributed by atoms with Gasteiger partial charge in [0.1, 0.15) is 12.3 Å². The Morgan fingerprint density at radius 1 is 1.14 bits per heavy atom. The first kappa shape index (κ1) is 23.8. The molecule has 0 spiro atoms.